The van der Waals surface area contributed by atoms with Gasteiger partial charge in [-0.2, -0.15) is 0 Å². The summed E-state index contributed by atoms with van der Waals surface area (Å²) in [6, 6.07) is 15.0. The van der Waals surface area contributed by atoms with E-state index in [1.807, 2.05) is 30.3 Å². The second kappa shape index (κ2) is 6.66. The predicted molar refractivity (Wildman–Crippen MR) is 105 cm³/mol. The summed E-state index contributed by atoms with van der Waals surface area (Å²) in [4.78, 5) is 24.0. The highest BCUT2D eigenvalue weighted by atomic mass is 16.5. The molecular weight excluding hydrogens is 354 g/mol. The molecule has 5 nitrogen and oxygen atoms in total. The smallest absolute Gasteiger partial charge is 0.408 e. The molecule has 146 valence electrons. The van der Waals surface area contributed by atoms with Crippen LogP contribution < -0.4 is 5.32 Å². The van der Waals surface area contributed by atoms with Crippen LogP contribution in [0.4, 0.5) is 4.79 Å². The average Bonchev–Trinajstić information content (AvgIpc) is 2.57. The SMILES string of the molecule is Cc1cc(C)cc(C23CC(C(NC(=O)OCc4ccccc4)C(=O)O)(C2)C3)c1. The van der Waals surface area contributed by atoms with Gasteiger partial charge in [0.05, 0.1) is 0 Å². The third kappa shape index (κ3) is 3.15. The minimum Gasteiger partial charge on any atom is -0.480 e. The van der Waals surface area contributed by atoms with E-state index in [0.29, 0.717) is 0 Å². The molecule has 3 fully saturated rings. The molecule has 0 radical (unpaired) electrons. The van der Waals surface area contributed by atoms with Crippen LogP contribution in [0.25, 0.3) is 0 Å². The predicted octanol–water partition coefficient (Wildman–Crippen LogP) is 4.10. The highest BCUT2D eigenvalue weighted by molar-refractivity contribution is 5.82. The number of carbonyl (C=O) groups excluding carboxylic acids is 1. The van der Waals surface area contributed by atoms with Crippen LogP contribution in [-0.2, 0) is 21.6 Å². The van der Waals surface area contributed by atoms with Gasteiger partial charge in [0, 0.05) is 5.41 Å². The molecule has 2 aromatic carbocycles. The van der Waals surface area contributed by atoms with Gasteiger partial charge in [0.1, 0.15) is 12.6 Å². The first-order valence-corrected chi connectivity index (χ1v) is 9.61. The van der Waals surface area contributed by atoms with Gasteiger partial charge in [-0.15, -0.1) is 0 Å². The van der Waals surface area contributed by atoms with Crippen LogP contribution in [0.3, 0.4) is 0 Å². The first-order valence-electron chi connectivity index (χ1n) is 9.61. The van der Waals surface area contributed by atoms with E-state index in [1.165, 1.54) is 16.7 Å². The van der Waals surface area contributed by atoms with Crippen LogP contribution >= 0.6 is 0 Å². The van der Waals surface area contributed by atoms with E-state index in [4.69, 9.17) is 4.74 Å². The maximum Gasteiger partial charge on any atom is 0.408 e. The number of carbonyl (C=O) groups is 2. The zero-order chi connectivity index (χ0) is 19.9. The van der Waals surface area contributed by atoms with E-state index in [9.17, 15) is 14.7 Å². The Labute approximate surface area is 164 Å². The molecule has 0 spiro atoms. The van der Waals surface area contributed by atoms with Crippen molar-refractivity contribution in [1.82, 2.24) is 5.32 Å². The molecule has 2 aromatic rings. The van der Waals surface area contributed by atoms with Crippen LogP contribution in [0, 0.1) is 19.3 Å². The molecule has 2 N–H and O–H groups in total. The molecule has 1 unspecified atom stereocenters. The molecular formula is C23H25NO4. The summed E-state index contributed by atoms with van der Waals surface area (Å²) in [7, 11) is 0. The van der Waals surface area contributed by atoms with Gasteiger partial charge in [-0.25, -0.2) is 9.59 Å². The Morgan fingerprint density at radius 2 is 1.68 bits per heavy atom. The Morgan fingerprint density at radius 1 is 1.07 bits per heavy atom. The summed E-state index contributed by atoms with van der Waals surface area (Å²) in [6.07, 6.45) is 1.69. The molecule has 0 aromatic heterocycles. The van der Waals surface area contributed by atoms with Gasteiger partial charge in [-0.3, -0.25) is 0 Å². The molecule has 1 amide bonds. The van der Waals surface area contributed by atoms with Crippen LogP contribution in [0.5, 0.6) is 0 Å². The number of nitrogens with one attached hydrogen (secondary N) is 1. The zero-order valence-corrected chi connectivity index (χ0v) is 16.2. The van der Waals surface area contributed by atoms with Gasteiger partial charge in [-0.05, 0) is 49.7 Å². The van der Waals surface area contributed by atoms with Gasteiger partial charge in [0.25, 0.3) is 0 Å². The average molecular weight is 379 g/mol. The number of benzene rings is 2. The van der Waals surface area contributed by atoms with Crippen molar-refractivity contribution < 1.29 is 19.4 Å². The molecule has 0 saturated heterocycles. The number of amides is 1. The molecule has 3 aliphatic rings. The number of alkyl carbamates (subject to hydrolysis) is 1. The number of carboxylic acids is 1. The van der Waals surface area contributed by atoms with Crippen molar-refractivity contribution in [2.24, 2.45) is 5.41 Å². The molecule has 1 atom stereocenters. The fourth-order valence-electron chi connectivity index (χ4n) is 5.12. The Hall–Kier alpha value is -2.82. The van der Waals surface area contributed by atoms with Gasteiger partial charge < -0.3 is 15.2 Å². The lowest BCUT2D eigenvalue weighted by Gasteiger charge is -2.72. The molecule has 0 aliphatic heterocycles. The maximum absolute atomic E-state index is 12.2. The normalized spacial score (nSPS) is 25.8. The zero-order valence-electron chi connectivity index (χ0n) is 16.2. The van der Waals surface area contributed by atoms with Crippen LogP contribution in [0.2, 0.25) is 0 Å². The van der Waals surface area contributed by atoms with Crippen LogP contribution in [0.15, 0.2) is 48.5 Å². The number of aliphatic carboxylic acids is 1. The summed E-state index contributed by atoms with van der Waals surface area (Å²) < 4.78 is 5.22. The molecule has 3 saturated carbocycles. The van der Waals surface area contributed by atoms with Crippen molar-refractivity contribution in [3.05, 3.63) is 70.8 Å². The molecule has 5 rings (SSSR count). The topological polar surface area (TPSA) is 75.6 Å². The van der Waals surface area contributed by atoms with Crippen molar-refractivity contribution in [2.45, 2.75) is 51.2 Å². The number of rotatable bonds is 6. The minimum atomic E-state index is -0.995. The summed E-state index contributed by atoms with van der Waals surface area (Å²) in [5.41, 5.74) is 4.32. The Morgan fingerprint density at radius 3 is 2.25 bits per heavy atom. The molecule has 2 bridgehead atoms. The summed E-state index contributed by atoms with van der Waals surface area (Å²) in [6.45, 7) is 4.29. The molecule has 28 heavy (non-hydrogen) atoms. The number of carboxylic acid groups (broad SMARTS) is 1. The van der Waals surface area contributed by atoms with Crippen molar-refractivity contribution in [3.8, 4) is 0 Å². The summed E-state index contributed by atoms with van der Waals surface area (Å²) >= 11 is 0. The van der Waals surface area contributed by atoms with Crippen molar-refractivity contribution in [2.75, 3.05) is 0 Å². The molecule has 3 aliphatic carbocycles. The van der Waals surface area contributed by atoms with E-state index >= 15 is 0 Å². The second-order valence-corrected chi connectivity index (χ2v) is 8.53. The number of aryl methyl sites for hydroxylation is 2. The monoisotopic (exact) mass is 379 g/mol. The van der Waals surface area contributed by atoms with Gasteiger partial charge in [-0.1, -0.05) is 59.7 Å². The Bertz CT molecular complexity index is 881. The quantitative estimate of drug-likeness (QED) is 0.792. The fraction of sp³-hybridized carbons (Fsp3) is 0.391. The Kier molecular flexibility index (Phi) is 4.41. The maximum atomic E-state index is 12.2. The highest BCUT2D eigenvalue weighted by Gasteiger charge is 2.72. The van der Waals surface area contributed by atoms with Crippen molar-refractivity contribution >= 4 is 12.1 Å². The molecule has 5 heteroatoms. The first-order chi connectivity index (χ1) is 13.3. The third-order valence-electron chi connectivity index (χ3n) is 6.24. The van der Waals surface area contributed by atoms with E-state index in [2.05, 4.69) is 37.4 Å². The molecule has 0 heterocycles. The van der Waals surface area contributed by atoms with E-state index in [0.717, 1.165) is 24.8 Å². The Balaban J connectivity index is 1.39. The fourth-order valence-corrected chi connectivity index (χ4v) is 5.12. The van der Waals surface area contributed by atoms with E-state index in [1.54, 1.807) is 0 Å². The van der Waals surface area contributed by atoms with Gasteiger partial charge in [0.2, 0.25) is 0 Å². The van der Waals surface area contributed by atoms with Crippen molar-refractivity contribution in [1.29, 1.82) is 0 Å². The summed E-state index contributed by atoms with van der Waals surface area (Å²) in [5, 5.41) is 12.3. The lowest BCUT2D eigenvalue weighted by molar-refractivity contribution is -0.183. The van der Waals surface area contributed by atoms with Gasteiger partial charge in [0.15, 0.2) is 0 Å². The lowest BCUT2D eigenvalue weighted by Crippen LogP contribution is -2.73. The van der Waals surface area contributed by atoms with Crippen LogP contribution in [-0.4, -0.2) is 23.2 Å². The van der Waals surface area contributed by atoms with E-state index < -0.39 is 18.1 Å². The number of hydrogen-bond donors (Lipinski definition) is 2. The van der Waals surface area contributed by atoms with Crippen molar-refractivity contribution in [3.63, 3.8) is 0 Å². The lowest BCUT2D eigenvalue weighted by atomic mass is 9.31. The second-order valence-electron chi connectivity index (χ2n) is 8.53. The first kappa shape index (κ1) is 18.5. The standard InChI is InChI=1S/C23H25NO4/c1-15-8-16(2)10-18(9-15)22-12-23(13-22,14-22)19(20(25)26)24-21(27)28-11-17-6-4-3-5-7-17/h3-10,19H,11-14H2,1-2H3,(H,24,27)(H,25,26). The third-order valence-corrected chi connectivity index (χ3v) is 6.24. The number of hydrogen-bond acceptors (Lipinski definition) is 3. The van der Waals surface area contributed by atoms with Gasteiger partial charge >= 0.3 is 12.1 Å². The van der Waals surface area contributed by atoms with Crippen LogP contribution in [0.1, 0.15) is 41.5 Å². The highest BCUT2D eigenvalue weighted by Crippen LogP contribution is 2.75. The minimum absolute atomic E-state index is 0.0695. The number of ether oxygens (including phenoxy) is 1. The largest absolute Gasteiger partial charge is 0.480 e. The van der Waals surface area contributed by atoms with E-state index in [-0.39, 0.29) is 17.4 Å². The summed E-state index contributed by atoms with van der Waals surface area (Å²) in [5.74, 6) is -0.995.